The molecular formula is C8H16O4. The molecule has 0 saturated carbocycles. The first kappa shape index (κ1) is 9.92. The molecule has 0 amide bonds. The minimum absolute atomic E-state index is 0.0359. The monoisotopic (exact) mass is 176 g/mol. The predicted molar refractivity (Wildman–Crippen MR) is 43.2 cm³/mol. The van der Waals surface area contributed by atoms with E-state index in [1.54, 1.807) is 14.2 Å². The van der Waals surface area contributed by atoms with E-state index in [0.717, 1.165) is 6.61 Å². The van der Waals surface area contributed by atoms with Crippen LogP contribution in [-0.4, -0.2) is 52.9 Å². The van der Waals surface area contributed by atoms with E-state index in [9.17, 15) is 0 Å². The summed E-state index contributed by atoms with van der Waals surface area (Å²) in [6.07, 6.45) is 0.360. The second-order valence-electron chi connectivity index (χ2n) is 2.81. The Balaban J connectivity index is 1.93. The van der Waals surface area contributed by atoms with E-state index in [1.165, 1.54) is 0 Å². The van der Waals surface area contributed by atoms with Gasteiger partial charge in [0, 0.05) is 14.2 Å². The normalized spacial score (nSPS) is 24.0. The maximum atomic E-state index is 5.33. The summed E-state index contributed by atoms with van der Waals surface area (Å²) in [5.74, 6) is 0. The third kappa shape index (κ3) is 4.01. The van der Waals surface area contributed by atoms with E-state index >= 15 is 0 Å². The largest absolute Gasteiger partial charge is 0.382 e. The van der Waals surface area contributed by atoms with Gasteiger partial charge in [0.25, 0.3) is 0 Å². The molecule has 0 aromatic heterocycles. The van der Waals surface area contributed by atoms with Crippen LogP contribution in [0, 0.1) is 0 Å². The number of methoxy groups -OCH3 is 2. The van der Waals surface area contributed by atoms with Crippen molar-refractivity contribution in [1.82, 2.24) is 0 Å². The summed E-state index contributed by atoms with van der Waals surface area (Å²) in [5, 5.41) is 0. The third-order valence-electron chi connectivity index (χ3n) is 1.70. The molecule has 2 atom stereocenters. The average molecular weight is 176 g/mol. The van der Waals surface area contributed by atoms with Crippen molar-refractivity contribution in [2.75, 3.05) is 40.6 Å². The first-order valence-electron chi connectivity index (χ1n) is 4.08. The molecule has 0 radical (unpaired) electrons. The number of ether oxygens (including phenoxy) is 4. The highest BCUT2D eigenvalue weighted by atomic mass is 16.6. The molecule has 12 heavy (non-hydrogen) atoms. The van der Waals surface area contributed by atoms with Crippen molar-refractivity contribution in [3.63, 3.8) is 0 Å². The summed E-state index contributed by atoms with van der Waals surface area (Å²) in [4.78, 5) is 0. The van der Waals surface area contributed by atoms with Gasteiger partial charge >= 0.3 is 0 Å². The number of hydrogen-bond acceptors (Lipinski definition) is 4. The van der Waals surface area contributed by atoms with Gasteiger partial charge < -0.3 is 18.9 Å². The molecular weight excluding hydrogens is 160 g/mol. The Bertz CT molecular complexity index is 114. The lowest BCUT2D eigenvalue weighted by Crippen LogP contribution is -2.24. The van der Waals surface area contributed by atoms with Crippen molar-refractivity contribution in [3.05, 3.63) is 0 Å². The minimum Gasteiger partial charge on any atom is -0.382 e. The standard InChI is InChI=1S/C8H16O4/c1-9-3-7(10-2)4-11-5-8-6-12-8/h7-8H,3-6H2,1-2H3. The van der Waals surface area contributed by atoms with Crippen LogP contribution in [0.3, 0.4) is 0 Å². The Labute approximate surface area is 72.7 Å². The second kappa shape index (κ2) is 5.48. The second-order valence-corrected chi connectivity index (χ2v) is 2.81. The van der Waals surface area contributed by atoms with Crippen molar-refractivity contribution in [2.45, 2.75) is 12.2 Å². The van der Waals surface area contributed by atoms with Crippen LogP contribution in [0.4, 0.5) is 0 Å². The molecule has 1 fully saturated rings. The Kier molecular flexibility index (Phi) is 4.53. The van der Waals surface area contributed by atoms with E-state index < -0.39 is 0 Å². The highest BCUT2D eigenvalue weighted by Crippen LogP contribution is 2.08. The summed E-state index contributed by atoms with van der Waals surface area (Å²) in [6, 6.07) is 0. The summed E-state index contributed by atoms with van der Waals surface area (Å²) < 4.78 is 20.4. The number of hydrogen-bond donors (Lipinski definition) is 0. The molecule has 0 bridgehead atoms. The first-order valence-corrected chi connectivity index (χ1v) is 4.08. The lowest BCUT2D eigenvalue weighted by atomic mass is 10.4. The van der Waals surface area contributed by atoms with Crippen LogP contribution in [0.1, 0.15) is 0 Å². The highest BCUT2D eigenvalue weighted by molar-refractivity contribution is 4.67. The molecule has 1 heterocycles. The quantitative estimate of drug-likeness (QED) is 0.514. The molecule has 2 unspecified atom stereocenters. The van der Waals surface area contributed by atoms with Gasteiger partial charge in [-0.1, -0.05) is 0 Å². The fraction of sp³-hybridized carbons (Fsp3) is 1.00. The number of rotatable bonds is 7. The van der Waals surface area contributed by atoms with Crippen molar-refractivity contribution < 1.29 is 18.9 Å². The van der Waals surface area contributed by atoms with Gasteiger partial charge in [0.2, 0.25) is 0 Å². The van der Waals surface area contributed by atoms with E-state index in [0.29, 0.717) is 25.9 Å². The van der Waals surface area contributed by atoms with Crippen molar-refractivity contribution >= 4 is 0 Å². The molecule has 0 spiro atoms. The van der Waals surface area contributed by atoms with Gasteiger partial charge in [-0.05, 0) is 0 Å². The fourth-order valence-corrected chi connectivity index (χ4v) is 0.865. The van der Waals surface area contributed by atoms with Crippen molar-refractivity contribution in [1.29, 1.82) is 0 Å². The zero-order valence-corrected chi connectivity index (χ0v) is 7.62. The maximum Gasteiger partial charge on any atom is 0.104 e. The molecule has 72 valence electrons. The Morgan fingerprint density at radius 3 is 2.67 bits per heavy atom. The average Bonchev–Trinajstić information content (AvgIpc) is 2.87. The molecule has 0 N–H and O–H groups in total. The Morgan fingerprint density at radius 2 is 2.17 bits per heavy atom. The molecule has 0 aromatic rings. The highest BCUT2D eigenvalue weighted by Gasteiger charge is 2.22. The van der Waals surface area contributed by atoms with Crippen LogP contribution in [0.25, 0.3) is 0 Å². The zero-order valence-electron chi connectivity index (χ0n) is 7.62. The van der Waals surface area contributed by atoms with Gasteiger partial charge in [-0.15, -0.1) is 0 Å². The van der Waals surface area contributed by atoms with Crippen LogP contribution >= 0.6 is 0 Å². The molecule has 1 aliphatic heterocycles. The van der Waals surface area contributed by atoms with E-state index in [-0.39, 0.29) is 6.10 Å². The van der Waals surface area contributed by atoms with Gasteiger partial charge in [0.1, 0.15) is 12.2 Å². The molecule has 0 aliphatic carbocycles. The van der Waals surface area contributed by atoms with Gasteiger partial charge in [-0.25, -0.2) is 0 Å². The number of epoxide rings is 1. The van der Waals surface area contributed by atoms with E-state index in [2.05, 4.69) is 0 Å². The molecule has 4 heteroatoms. The minimum atomic E-state index is 0.0359. The molecule has 1 aliphatic rings. The van der Waals surface area contributed by atoms with E-state index in [4.69, 9.17) is 18.9 Å². The van der Waals surface area contributed by atoms with Gasteiger partial charge in [0.15, 0.2) is 0 Å². The maximum absolute atomic E-state index is 5.33. The van der Waals surface area contributed by atoms with Crippen LogP contribution in [0.15, 0.2) is 0 Å². The Hall–Kier alpha value is -0.160. The van der Waals surface area contributed by atoms with Gasteiger partial charge in [0.05, 0.1) is 26.4 Å². The fourth-order valence-electron chi connectivity index (χ4n) is 0.865. The van der Waals surface area contributed by atoms with E-state index in [1.807, 2.05) is 0 Å². The SMILES string of the molecule is COCC(COCC1CO1)OC. The zero-order chi connectivity index (χ0) is 8.81. The third-order valence-corrected chi connectivity index (χ3v) is 1.70. The lowest BCUT2D eigenvalue weighted by Gasteiger charge is -2.13. The van der Waals surface area contributed by atoms with Crippen LogP contribution in [-0.2, 0) is 18.9 Å². The van der Waals surface area contributed by atoms with Crippen molar-refractivity contribution in [2.24, 2.45) is 0 Å². The Morgan fingerprint density at radius 1 is 1.42 bits per heavy atom. The summed E-state index contributed by atoms with van der Waals surface area (Å²) in [7, 11) is 3.30. The summed E-state index contributed by atoms with van der Waals surface area (Å²) in [5.41, 5.74) is 0. The summed E-state index contributed by atoms with van der Waals surface area (Å²) >= 11 is 0. The van der Waals surface area contributed by atoms with Gasteiger partial charge in [-0.3, -0.25) is 0 Å². The van der Waals surface area contributed by atoms with Crippen LogP contribution in [0.2, 0.25) is 0 Å². The predicted octanol–water partition coefficient (Wildman–Crippen LogP) is 0.0632. The molecule has 0 aromatic carbocycles. The van der Waals surface area contributed by atoms with Crippen LogP contribution in [0.5, 0.6) is 0 Å². The first-order chi connectivity index (χ1) is 5.86. The van der Waals surface area contributed by atoms with Gasteiger partial charge in [-0.2, -0.15) is 0 Å². The molecule has 1 saturated heterocycles. The van der Waals surface area contributed by atoms with Crippen LogP contribution < -0.4 is 0 Å². The van der Waals surface area contributed by atoms with Crippen molar-refractivity contribution in [3.8, 4) is 0 Å². The summed E-state index contributed by atoms with van der Waals surface area (Å²) in [6.45, 7) is 2.65. The lowest BCUT2D eigenvalue weighted by molar-refractivity contribution is -0.0326. The molecule has 1 rings (SSSR count). The molecule has 4 nitrogen and oxygen atoms in total. The smallest absolute Gasteiger partial charge is 0.104 e. The topological polar surface area (TPSA) is 40.2 Å².